The Kier molecular flexibility index (Phi) is 5.15. The zero-order valence-corrected chi connectivity index (χ0v) is 14.8. The van der Waals surface area contributed by atoms with Crippen LogP contribution in [0.5, 0.6) is 0 Å². The van der Waals surface area contributed by atoms with Crippen molar-refractivity contribution in [2.75, 3.05) is 10.0 Å². The van der Waals surface area contributed by atoms with Crippen molar-refractivity contribution in [1.29, 1.82) is 0 Å². The summed E-state index contributed by atoms with van der Waals surface area (Å²) in [6.07, 6.45) is 0. The van der Waals surface area contributed by atoms with Crippen LogP contribution in [-0.2, 0) is 14.8 Å². The highest BCUT2D eigenvalue weighted by atomic mass is 35.5. The van der Waals surface area contributed by atoms with E-state index in [0.29, 0.717) is 16.8 Å². The maximum Gasteiger partial charge on any atom is 0.262 e. The topological polar surface area (TPSA) is 75.3 Å². The molecule has 0 radical (unpaired) electrons. The molecule has 0 atom stereocenters. The average molecular weight is 371 g/mol. The molecule has 0 bridgehead atoms. The SMILES string of the molecule is CC(=O)Nc1cc(C)c(S(=O)(=O)Nc2ccc(F)cc2Cl)c(C)c1. The molecule has 0 spiro atoms. The predicted octanol–water partition coefficient (Wildman–Crippen LogP) is 3.86. The number of sulfonamides is 1. The second kappa shape index (κ2) is 6.78. The molecule has 128 valence electrons. The molecule has 0 aliphatic carbocycles. The third kappa shape index (κ3) is 4.04. The molecule has 2 aromatic rings. The fourth-order valence-corrected chi connectivity index (χ4v) is 4.22. The molecular weight excluding hydrogens is 355 g/mol. The molecule has 0 aromatic heterocycles. The normalized spacial score (nSPS) is 11.2. The first kappa shape index (κ1) is 18.2. The number of anilines is 2. The number of halogens is 2. The molecule has 0 aliphatic rings. The average Bonchev–Trinajstić information content (AvgIpc) is 2.39. The number of aryl methyl sites for hydroxylation is 2. The van der Waals surface area contributed by atoms with E-state index in [-0.39, 0.29) is 21.5 Å². The number of benzene rings is 2. The summed E-state index contributed by atoms with van der Waals surface area (Å²) in [6, 6.07) is 6.53. The van der Waals surface area contributed by atoms with E-state index in [9.17, 15) is 17.6 Å². The first-order valence-corrected chi connectivity index (χ1v) is 8.83. The molecule has 0 fully saturated rings. The van der Waals surface area contributed by atoms with Gasteiger partial charge in [0.25, 0.3) is 10.0 Å². The lowest BCUT2D eigenvalue weighted by atomic mass is 10.1. The molecule has 2 N–H and O–H groups in total. The number of carbonyl (C=O) groups is 1. The first-order chi connectivity index (χ1) is 11.1. The van der Waals surface area contributed by atoms with Gasteiger partial charge in [0.1, 0.15) is 5.82 Å². The minimum Gasteiger partial charge on any atom is -0.326 e. The number of nitrogens with one attached hydrogen (secondary N) is 2. The highest BCUT2D eigenvalue weighted by Gasteiger charge is 2.21. The van der Waals surface area contributed by atoms with Crippen LogP contribution in [-0.4, -0.2) is 14.3 Å². The maximum absolute atomic E-state index is 13.1. The van der Waals surface area contributed by atoms with Crippen LogP contribution >= 0.6 is 11.6 Å². The van der Waals surface area contributed by atoms with Gasteiger partial charge in [-0.05, 0) is 55.3 Å². The van der Waals surface area contributed by atoms with Gasteiger partial charge in [0.2, 0.25) is 5.91 Å². The zero-order chi connectivity index (χ0) is 18.1. The molecule has 8 heteroatoms. The quantitative estimate of drug-likeness (QED) is 0.858. The molecule has 0 unspecified atom stereocenters. The predicted molar refractivity (Wildman–Crippen MR) is 92.4 cm³/mol. The fraction of sp³-hybridized carbons (Fsp3) is 0.188. The summed E-state index contributed by atoms with van der Waals surface area (Å²) in [5.41, 5.74) is 1.52. The van der Waals surface area contributed by atoms with E-state index in [1.807, 2.05) is 0 Å². The summed E-state index contributed by atoms with van der Waals surface area (Å²) in [5.74, 6) is -0.810. The van der Waals surface area contributed by atoms with Gasteiger partial charge in [-0.3, -0.25) is 9.52 Å². The lowest BCUT2D eigenvalue weighted by Crippen LogP contribution is -2.17. The molecule has 0 heterocycles. The van der Waals surface area contributed by atoms with Crippen molar-refractivity contribution in [2.24, 2.45) is 0 Å². The Hall–Kier alpha value is -2.12. The lowest BCUT2D eigenvalue weighted by molar-refractivity contribution is -0.114. The summed E-state index contributed by atoms with van der Waals surface area (Å²) in [6.45, 7) is 4.62. The Morgan fingerprint density at radius 1 is 1.12 bits per heavy atom. The Morgan fingerprint density at radius 2 is 1.71 bits per heavy atom. The number of rotatable bonds is 4. The molecule has 2 aromatic carbocycles. The Balaban J connectivity index is 2.44. The van der Waals surface area contributed by atoms with Gasteiger partial charge in [0.05, 0.1) is 15.6 Å². The van der Waals surface area contributed by atoms with Gasteiger partial charge >= 0.3 is 0 Å². The second-order valence-electron chi connectivity index (χ2n) is 5.35. The Bertz CT molecular complexity index is 891. The monoisotopic (exact) mass is 370 g/mol. The molecule has 0 saturated heterocycles. The Morgan fingerprint density at radius 3 is 2.21 bits per heavy atom. The van der Waals surface area contributed by atoms with E-state index >= 15 is 0 Å². The van der Waals surface area contributed by atoms with Crippen LogP contribution in [0.25, 0.3) is 0 Å². The van der Waals surface area contributed by atoms with Crippen molar-refractivity contribution in [3.8, 4) is 0 Å². The van der Waals surface area contributed by atoms with Crippen molar-refractivity contribution in [2.45, 2.75) is 25.7 Å². The van der Waals surface area contributed by atoms with Gasteiger partial charge in [0.15, 0.2) is 0 Å². The summed E-state index contributed by atoms with van der Waals surface area (Å²) < 4.78 is 40.8. The molecule has 2 rings (SSSR count). The smallest absolute Gasteiger partial charge is 0.262 e. The van der Waals surface area contributed by atoms with Gasteiger partial charge in [-0.2, -0.15) is 0 Å². The van der Waals surface area contributed by atoms with Crippen molar-refractivity contribution in [1.82, 2.24) is 0 Å². The van der Waals surface area contributed by atoms with E-state index in [0.717, 1.165) is 12.1 Å². The van der Waals surface area contributed by atoms with Crippen LogP contribution in [0.3, 0.4) is 0 Å². The van der Waals surface area contributed by atoms with Gasteiger partial charge in [-0.15, -0.1) is 0 Å². The van der Waals surface area contributed by atoms with E-state index in [1.54, 1.807) is 26.0 Å². The highest BCUT2D eigenvalue weighted by molar-refractivity contribution is 7.92. The van der Waals surface area contributed by atoms with Gasteiger partial charge in [-0.1, -0.05) is 11.6 Å². The lowest BCUT2D eigenvalue weighted by Gasteiger charge is -2.15. The molecule has 0 saturated carbocycles. The minimum absolute atomic E-state index is 0.0382. The number of amides is 1. The van der Waals surface area contributed by atoms with Crippen LogP contribution in [0.4, 0.5) is 15.8 Å². The summed E-state index contributed by atoms with van der Waals surface area (Å²) in [4.78, 5) is 11.2. The van der Waals surface area contributed by atoms with Crippen LogP contribution in [0, 0.1) is 19.7 Å². The van der Waals surface area contributed by atoms with Crippen molar-refractivity contribution in [3.05, 3.63) is 52.3 Å². The Labute approximate surface area is 144 Å². The third-order valence-corrected chi connectivity index (χ3v) is 5.21. The minimum atomic E-state index is -3.92. The van der Waals surface area contributed by atoms with Crippen LogP contribution < -0.4 is 10.0 Å². The molecule has 5 nitrogen and oxygen atoms in total. The molecule has 24 heavy (non-hydrogen) atoms. The maximum atomic E-state index is 13.1. The number of hydrogen-bond acceptors (Lipinski definition) is 3. The standard InChI is InChI=1S/C16H16ClFN2O3S/c1-9-6-13(19-11(3)21)7-10(2)16(9)24(22,23)20-15-5-4-12(18)8-14(15)17/h4-8,20H,1-3H3,(H,19,21). The number of hydrogen-bond donors (Lipinski definition) is 2. The van der Waals surface area contributed by atoms with E-state index in [1.165, 1.54) is 13.0 Å². The second-order valence-corrected chi connectivity index (χ2v) is 7.38. The molecule has 1 amide bonds. The van der Waals surface area contributed by atoms with Crippen LogP contribution in [0.15, 0.2) is 35.2 Å². The van der Waals surface area contributed by atoms with E-state index in [4.69, 9.17) is 11.6 Å². The van der Waals surface area contributed by atoms with Gasteiger partial charge in [-0.25, -0.2) is 12.8 Å². The van der Waals surface area contributed by atoms with E-state index in [2.05, 4.69) is 10.0 Å². The molecule has 0 aliphatic heterocycles. The largest absolute Gasteiger partial charge is 0.326 e. The zero-order valence-electron chi connectivity index (χ0n) is 13.3. The van der Waals surface area contributed by atoms with Gasteiger partial charge in [0, 0.05) is 12.6 Å². The van der Waals surface area contributed by atoms with Crippen molar-refractivity contribution in [3.63, 3.8) is 0 Å². The van der Waals surface area contributed by atoms with Crippen molar-refractivity contribution >= 4 is 38.9 Å². The van der Waals surface area contributed by atoms with E-state index < -0.39 is 15.8 Å². The highest BCUT2D eigenvalue weighted by Crippen LogP contribution is 2.29. The summed E-state index contributed by atoms with van der Waals surface area (Å²) in [7, 11) is -3.92. The van der Waals surface area contributed by atoms with Crippen LogP contribution in [0.2, 0.25) is 5.02 Å². The fourth-order valence-electron chi connectivity index (χ4n) is 2.42. The number of carbonyl (C=O) groups excluding carboxylic acids is 1. The first-order valence-electron chi connectivity index (χ1n) is 6.97. The summed E-state index contributed by atoms with van der Waals surface area (Å²) >= 11 is 5.87. The molecular formula is C16H16ClFN2O3S. The van der Waals surface area contributed by atoms with Gasteiger partial charge < -0.3 is 5.32 Å². The third-order valence-electron chi connectivity index (χ3n) is 3.22. The van der Waals surface area contributed by atoms with Crippen molar-refractivity contribution < 1.29 is 17.6 Å². The van der Waals surface area contributed by atoms with Crippen LogP contribution in [0.1, 0.15) is 18.1 Å². The summed E-state index contributed by atoms with van der Waals surface area (Å²) in [5, 5.41) is 2.58.